The van der Waals surface area contributed by atoms with Gasteiger partial charge in [-0.3, -0.25) is 4.58 Å². The fourth-order valence-corrected chi connectivity index (χ4v) is 5.27. The van der Waals surface area contributed by atoms with E-state index >= 15 is 0 Å². The molecule has 0 aromatic heterocycles. The summed E-state index contributed by atoms with van der Waals surface area (Å²) in [4.78, 5) is 2.37. The highest BCUT2D eigenvalue weighted by atomic mass is 28.4. The normalized spacial score (nSPS) is 15.1. The highest BCUT2D eigenvalue weighted by molar-refractivity contribution is 6.60. The summed E-state index contributed by atoms with van der Waals surface area (Å²) in [6.45, 7) is 9.62. The smallest absolute Gasteiger partial charge is 0.377 e. The first kappa shape index (κ1) is 19.1. The quantitative estimate of drug-likeness (QED) is 0.533. The molecule has 0 N–H and O–H groups in total. The molecule has 1 aliphatic rings. The van der Waals surface area contributed by atoms with Crippen LogP contribution in [0.2, 0.25) is 6.04 Å². The zero-order valence-electron chi connectivity index (χ0n) is 15.9. The molecule has 1 heterocycles. The van der Waals surface area contributed by atoms with Gasteiger partial charge in [0.15, 0.2) is 0 Å². The highest BCUT2D eigenvalue weighted by Gasteiger charge is 2.37. The number of anilines is 1. The Morgan fingerprint density at radius 3 is 2.17 bits per heavy atom. The summed E-state index contributed by atoms with van der Waals surface area (Å²) in [5.74, 6) is 0. The molecule has 0 radical (unpaired) electrons. The molecule has 1 aliphatic heterocycles. The van der Waals surface area contributed by atoms with Crippen molar-refractivity contribution >= 4 is 20.8 Å². The summed E-state index contributed by atoms with van der Waals surface area (Å²) in [6, 6.07) is 5.35. The molecule has 0 atom stereocenters. The first-order valence-corrected chi connectivity index (χ1v) is 10.5. The topological polar surface area (TPSA) is 33.9 Å². The molecule has 0 fully saturated rings. The van der Waals surface area contributed by atoms with Crippen LogP contribution >= 0.6 is 0 Å². The molecule has 1 aromatic rings. The third-order valence-electron chi connectivity index (χ3n) is 4.71. The Morgan fingerprint density at radius 1 is 1.04 bits per heavy atom. The maximum atomic E-state index is 5.49. The van der Waals surface area contributed by atoms with Crippen molar-refractivity contribution in [3.8, 4) is 0 Å². The van der Waals surface area contributed by atoms with Gasteiger partial charge in [0.2, 0.25) is 6.34 Å². The van der Waals surface area contributed by atoms with Crippen molar-refractivity contribution in [2.24, 2.45) is 0 Å². The number of nitrogens with zero attached hydrogens (tertiary/aromatic N) is 2. The SMILES string of the molecule is CO[Si](CCC[N+]1=CN(c2c(C)cc(C)cc2C)CC1)(OC)OC. The van der Waals surface area contributed by atoms with Crippen molar-refractivity contribution in [1.29, 1.82) is 0 Å². The van der Waals surface area contributed by atoms with E-state index in [0.29, 0.717) is 0 Å². The molecule has 2 rings (SSSR count). The number of aryl methyl sites for hydroxylation is 3. The van der Waals surface area contributed by atoms with Crippen LogP contribution in [-0.4, -0.2) is 60.7 Å². The van der Waals surface area contributed by atoms with Crippen molar-refractivity contribution in [2.75, 3.05) is 45.9 Å². The molecule has 0 saturated heterocycles. The molecule has 0 saturated carbocycles. The van der Waals surface area contributed by atoms with Crippen molar-refractivity contribution in [3.63, 3.8) is 0 Å². The van der Waals surface area contributed by atoms with Gasteiger partial charge in [0.1, 0.15) is 18.8 Å². The van der Waals surface area contributed by atoms with Crippen LogP contribution in [-0.2, 0) is 13.3 Å². The summed E-state index contributed by atoms with van der Waals surface area (Å²) in [5.41, 5.74) is 5.35. The largest absolute Gasteiger partial charge is 0.500 e. The van der Waals surface area contributed by atoms with Gasteiger partial charge >= 0.3 is 8.80 Å². The van der Waals surface area contributed by atoms with Gasteiger partial charge in [-0.25, -0.2) is 4.90 Å². The van der Waals surface area contributed by atoms with Crippen molar-refractivity contribution < 1.29 is 17.9 Å². The summed E-state index contributed by atoms with van der Waals surface area (Å²) < 4.78 is 18.8. The maximum Gasteiger partial charge on any atom is 0.500 e. The minimum atomic E-state index is -2.45. The van der Waals surface area contributed by atoms with Gasteiger partial charge in [-0.2, -0.15) is 0 Å². The molecule has 5 nitrogen and oxygen atoms in total. The molecular formula is C18H31N2O3Si+. The first-order valence-electron chi connectivity index (χ1n) is 8.53. The zero-order chi connectivity index (χ0) is 17.7. The lowest BCUT2D eigenvalue weighted by molar-refractivity contribution is -0.513. The van der Waals surface area contributed by atoms with E-state index in [2.05, 4.69) is 48.7 Å². The summed E-state index contributed by atoms with van der Waals surface area (Å²) >= 11 is 0. The second-order valence-electron chi connectivity index (χ2n) is 6.49. The second-order valence-corrected chi connectivity index (χ2v) is 9.58. The van der Waals surface area contributed by atoms with Crippen LogP contribution in [0.1, 0.15) is 23.1 Å². The molecule has 0 unspecified atom stereocenters. The van der Waals surface area contributed by atoms with Gasteiger partial charge in [0.05, 0.1) is 6.54 Å². The Morgan fingerprint density at radius 2 is 1.62 bits per heavy atom. The fraction of sp³-hybridized carbons (Fsp3) is 0.611. The predicted molar refractivity (Wildman–Crippen MR) is 100 cm³/mol. The molecule has 134 valence electrons. The van der Waals surface area contributed by atoms with Gasteiger partial charge in [0.25, 0.3) is 0 Å². The Balaban J connectivity index is 1.99. The second kappa shape index (κ2) is 8.25. The van der Waals surface area contributed by atoms with Gasteiger partial charge in [-0.05, 0) is 38.3 Å². The lowest BCUT2D eigenvalue weighted by Crippen LogP contribution is -2.43. The van der Waals surface area contributed by atoms with E-state index < -0.39 is 8.80 Å². The monoisotopic (exact) mass is 351 g/mol. The van der Waals surface area contributed by atoms with E-state index in [-0.39, 0.29) is 0 Å². The number of hydrogen-bond acceptors (Lipinski definition) is 4. The first-order chi connectivity index (χ1) is 11.4. The van der Waals surface area contributed by atoms with E-state index in [0.717, 1.165) is 32.1 Å². The van der Waals surface area contributed by atoms with Gasteiger partial charge in [-0.15, -0.1) is 0 Å². The third kappa shape index (κ3) is 4.24. The van der Waals surface area contributed by atoms with Crippen LogP contribution in [0.25, 0.3) is 0 Å². The molecule has 0 bridgehead atoms. The van der Waals surface area contributed by atoms with Gasteiger partial charge < -0.3 is 13.3 Å². The van der Waals surface area contributed by atoms with Crippen LogP contribution in [0, 0.1) is 20.8 Å². The summed E-state index contributed by atoms with van der Waals surface area (Å²) in [7, 11) is 2.57. The van der Waals surface area contributed by atoms with Crippen LogP contribution in [0.4, 0.5) is 5.69 Å². The number of benzene rings is 1. The molecule has 6 heteroatoms. The summed E-state index contributed by atoms with van der Waals surface area (Å²) in [6.07, 6.45) is 3.25. The van der Waals surface area contributed by atoms with Crippen LogP contribution in [0.5, 0.6) is 0 Å². The Hall–Kier alpha value is -1.21. The van der Waals surface area contributed by atoms with Crippen molar-refractivity contribution in [3.05, 3.63) is 28.8 Å². The average Bonchev–Trinajstić information content (AvgIpc) is 2.99. The number of rotatable bonds is 8. The zero-order valence-corrected chi connectivity index (χ0v) is 16.9. The molecule has 0 spiro atoms. The van der Waals surface area contributed by atoms with E-state index in [9.17, 15) is 0 Å². The molecular weight excluding hydrogens is 320 g/mol. The van der Waals surface area contributed by atoms with Crippen molar-refractivity contribution in [2.45, 2.75) is 33.2 Å². The molecule has 0 amide bonds. The van der Waals surface area contributed by atoms with E-state index in [4.69, 9.17) is 13.3 Å². The highest BCUT2D eigenvalue weighted by Crippen LogP contribution is 2.26. The Labute approximate surface area is 147 Å². The average molecular weight is 352 g/mol. The Kier molecular flexibility index (Phi) is 6.57. The van der Waals surface area contributed by atoms with Gasteiger partial charge in [0, 0.05) is 27.4 Å². The minimum absolute atomic E-state index is 0.837. The van der Waals surface area contributed by atoms with Crippen LogP contribution in [0.3, 0.4) is 0 Å². The maximum absolute atomic E-state index is 5.49. The van der Waals surface area contributed by atoms with Gasteiger partial charge in [-0.1, -0.05) is 17.7 Å². The number of hydrogen-bond donors (Lipinski definition) is 0. The minimum Gasteiger partial charge on any atom is -0.377 e. The molecule has 1 aromatic carbocycles. The lowest BCUT2D eigenvalue weighted by atomic mass is 10.0. The van der Waals surface area contributed by atoms with Crippen LogP contribution < -0.4 is 4.90 Å². The predicted octanol–water partition coefficient (Wildman–Crippen LogP) is 2.74. The Bertz CT molecular complexity index is 569. The van der Waals surface area contributed by atoms with E-state index in [1.807, 2.05) is 0 Å². The summed E-state index contributed by atoms with van der Waals surface area (Å²) in [5, 5.41) is 0. The van der Waals surface area contributed by atoms with Crippen LogP contribution in [0.15, 0.2) is 12.1 Å². The molecule has 0 aliphatic carbocycles. The lowest BCUT2D eigenvalue weighted by Gasteiger charge is -2.23. The van der Waals surface area contributed by atoms with E-state index in [1.54, 1.807) is 21.3 Å². The fourth-order valence-electron chi connectivity index (χ4n) is 3.57. The third-order valence-corrected chi connectivity index (χ3v) is 7.55. The molecule has 24 heavy (non-hydrogen) atoms. The standard InChI is InChI=1S/C18H31N2O3Si/c1-15-12-16(2)18(17(3)13-15)20-10-9-19(14-20)8-7-11-24(21-4,22-5)23-6/h12-14H,7-11H2,1-6H3/q+1. The van der Waals surface area contributed by atoms with E-state index in [1.165, 1.54) is 22.4 Å². The van der Waals surface area contributed by atoms with Crippen molar-refractivity contribution in [1.82, 2.24) is 0 Å².